The zero-order valence-corrected chi connectivity index (χ0v) is 23.9. The molecule has 0 aliphatic carbocycles. The normalized spacial score (nSPS) is 18.1. The highest BCUT2D eigenvalue weighted by molar-refractivity contribution is 6.31. The molecular weight excluding hydrogens is 599 g/mol. The molecule has 2 aliphatic rings. The van der Waals surface area contributed by atoms with Crippen LogP contribution in [0, 0.1) is 11.6 Å². The van der Waals surface area contributed by atoms with E-state index in [1.54, 1.807) is 15.9 Å². The van der Waals surface area contributed by atoms with Crippen LogP contribution >= 0.6 is 11.6 Å². The Morgan fingerprint density at radius 1 is 1.00 bits per heavy atom. The zero-order chi connectivity index (χ0) is 31.3. The maximum atomic E-state index is 15.0. The van der Waals surface area contributed by atoms with E-state index in [9.17, 15) is 31.9 Å². The van der Waals surface area contributed by atoms with Crippen molar-refractivity contribution in [3.05, 3.63) is 58.1 Å². The topological polar surface area (TPSA) is 111 Å². The van der Waals surface area contributed by atoms with Gasteiger partial charge >= 0.3 is 6.18 Å². The number of likely N-dealkylation sites (tertiary alicyclic amines) is 1. The van der Waals surface area contributed by atoms with Crippen molar-refractivity contribution >= 4 is 40.7 Å². The number of halogens is 6. The molecule has 9 nitrogen and oxygen atoms in total. The van der Waals surface area contributed by atoms with E-state index < -0.39 is 53.6 Å². The van der Waals surface area contributed by atoms with E-state index in [0.717, 1.165) is 6.07 Å². The van der Waals surface area contributed by atoms with E-state index in [1.165, 1.54) is 18.2 Å². The first-order valence-electron chi connectivity index (χ1n) is 13.7. The summed E-state index contributed by atoms with van der Waals surface area (Å²) < 4.78 is 67.7. The Morgan fingerprint density at radius 2 is 1.72 bits per heavy atom. The van der Waals surface area contributed by atoms with Crippen LogP contribution in [-0.4, -0.2) is 85.6 Å². The number of nitrogens with one attached hydrogen (secondary N) is 2. The Kier molecular flexibility index (Phi) is 10.5. The van der Waals surface area contributed by atoms with Crippen molar-refractivity contribution in [1.82, 2.24) is 15.1 Å². The quantitative estimate of drug-likeness (QED) is 0.347. The van der Waals surface area contributed by atoms with Crippen LogP contribution in [0.15, 0.2) is 30.3 Å². The lowest BCUT2D eigenvalue weighted by molar-refractivity contribution is -0.138. The van der Waals surface area contributed by atoms with Crippen LogP contribution in [0.5, 0.6) is 0 Å². The van der Waals surface area contributed by atoms with Crippen molar-refractivity contribution in [3.63, 3.8) is 0 Å². The summed E-state index contributed by atoms with van der Waals surface area (Å²) in [6.07, 6.45) is -3.89. The molecule has 2 aromatic rings. The molecule has 43 heavy (non-hydrogen) atoms. The van der Waals surface area contributed by atoms with Gasteiger partial charge in [0.2, 0.25) is 11.8 Å². The zero-order valence-electron chi connectivity index (χ0n) is 23.2. The highest BCUT2D eigenvalue weighted by Crippen LogP contribution is 2.31. The van der Waals surface area contributed by atoms with Gasteiger partial charge in [-0.05, 0) is 43.7 Å². The minimum atomic E-state index is -4.24. The van der Waals surface area contributed by atoms with Gasteiger partial charge in [-0.1, -0.05) is 17.7 Å². The standard InChI is InChI=1S/C28H32ClF5N6O3/c29-18-4-6-20(22(14-18)39-12-10-38(11-13-39)9-7-28(32,33)34)37-27(43)19-5-3-17(24(30)25(19)31)15-36-23(41)16-40-8-1-2-21(40)26(35)42/h3-6,14,21H,1-2,7-13,15-16H2,(H2,35,42)(H,36,41)(H,37,43). The van der Waals surface area contributed by atoms with Crippen LogP contribution < -0.4 is 21.3 Å². The van der Waals surface area contributed by atoms with Crippen molar-refractivity contribution in [2.75, 3.05) is 56.0 Å². The molecule has 2 aromatic carbocycles. The third-order valence-corrected chi connectivity index (χ3v) is 7.79. The van der Waals surface area contributed by atoms with Crippen LogP contribution in [0.4, 0.5) is 33.3 Å². The maximum absolute atomic E-state index is 15.0. The van der Waals surface area contributed by atoms with Crippen LogP contribution in [0.3, 0.4) is 0 Å². The van der Waals surface area contributed by atoms with E-state index >= 15 is 4.39 Å². The first kappa shape index (κ1) is 32.4. The van der Waals surface area contributed by atoms with Crippen molar-refractivity contribution in [1.29, 1.82) is 0 Å². The van der Waals surface area contributed by atoms with Crippen molar-refractivity contribution < 1.29 is 36.3 Å². The number of nitrogens with two attached hydrogens (primary N) is 1. The highest BCUT2D eigenvalue weighted by atomic mass is 35.5. The summed E-state index contributed by atoms with van der Waals surface area (Å²) in [5.74, 6) is -4.64. The number of primary amides is 1. The summed E-state index contributed by atoms with van der Waals surface area (Å²) in [5.41, 5.74) is 5.38. The number of benzene rings is 2. The molecule has 3 amide bonds. The highest BCUT2D eigenvalue weighted by Gasteiger charge is 2.31. The molecule has 2 fully saturated rings. The van der Waals surface area contributed by atoms with Gasteiger partial charge in [0.05, 0.1) is 35.9 Å². The molecule has 4 rings (SSSR count). The molecular formula is C28H32ClF5N6O3. The SMILES string of the molecule is NC(=O)C1CCCN1CC(=O)NCc1ccc(C(=O)Nc2ccc(Cl)cc2N2CCN(CCC(F)(F)F)CC2)c(F)c1F. The summed E-state index contributed by atoms with van der Waals surface area (Å²) in [6.45, 7) is 1.39. The molecule has 2 saturated heterocycles. The second-order valence-electron chi connectivity index (χ2n) is 10.5. The van der Waals surface area contributed by atoms with Gasteiger partial charge in [-0.2, -0.15) is 13.2 Å². The fraction of sp³-hybridized carbons (Fsp3) is 0.464. The fourth-order valence-corrected chi connectivity index (χ4v) is 5.40. The summed E-state index contributed by atoms with van der Waals surface area (Å²) in [5, 5.41) is 5.42. The lowest BCUT2D eigenvalue weighted by atomic mass is 10.1. The minimum absolute atomic E-state index is 0.116. The van der Waals surface area contributed by atoms with Gasteiger partial charge < -0.3 is 21.3 Å². The van der Waals surface area contributed by atoms with Gasteiger partial charge in [0, 0.05) is 49.9 Å². The Morgan fingerprint density at radius 3 is 2.40 bits per heavy atom. The van der Waals surface area contributed by atoms with Gasteiger partial charge in [-0.15, -0.1) is 0 Å². The molecule has 2 aliphatic heterocycles. The van der Waals surface area contributed by atoms with Crippen molar-refractivity contribution in [3.8, 4) is 0 Å². The van der Waals surface area contributed by atoms with Gasteiger partial charge in [0.1, 0.15) is 0 Å². The van der Waals surface area contributed by atoms with Gasteiger partial charge in [-0.25, -0.2) is 8.78 Å². The van der Waals surface area contributed by atoms with E-state index in [2.05, 4.69) is 10.6 Å². The lowest BCUT2D eigenvalue weighted by Gasteiger charge is -2.37. The van der Waals surface area contributed by atoms with Gasteiger partial charge in [-0.3, -0.25) is 24.2 Å². The van der Waals surface area contributed by atoms with Gasteiger partial charge in [0.25, 0.3) is 5.91 Å². The average Bonchev–Trinajstić information content (AvgIpc) is 3.42. The molecule has 4 N–H and O–H groups in total. The molecule has 234 valence electrons. The van der Waals surface area contributed by atoms with Crippen LogP contribution in [0.1, 0.15) is 35.2 Å². The molecule has 0 aromatic heterocycles. The third kappa shape index (κ3) is 8.54. The number of nitrogens with zero attached hydrogens (tertiary/aromatic N) is 3. The number of carbonyl (C=O) groups is 3. The van der Waals surface area contributed by atoms with Crippen LogP contribution in [0.25, 0.3) is 0 Å². The molecule has 1 atom stereocenters. The number of hydrogen-bond acceptors (Lipinski definition) is 6. The van der Waals surface area contributed by atoms with Crippen molar-refractivity contribution in [2.45, 2.75) is 38.0 Å². The Hall–Kier alpha value is -3.49. The van der Waals surface area contributed by atoms with Gasteiger partial charge in [0.15, 0.2) is 11.6 Å². The molecule has 0 bridgehead atoms. The van der Waals surface area contributed by atoms with E-state index in [-0.39, 0.29) is 30.9 Å². The summed E-state index contributed by atoms with van der Waals surface area (Å²) in [4.78, 5) is 42.0. The largest absolute Gasteiger partial charge is 0.390 e. The number of rotatable bonds is 10. The lowest BCUT2D eigenvalue weighted by Crippen LogP contribution is -2.47. The number of piperazine rings is 1. The summed E-state index contributed by atoms with van der Waals surface area (Å²) >= 11 is 6.16. The predicted molar refractivity (Wildman–Crippen MR) is 151 cm³/mol. The number of carbonyl (C=O) groups excluding carboxylic acids is 3. The van der Waals surface area contributed by atoms with E-state index in [0.29, 0.717) is 56.3 Å². The Labute approximate surface area is 250 Å². The molecule has 0 radical (unpaired) electrons. The third-order valence-electron chi connectivity index (χ3n) is 7.55. The van der Waals surface area contributed by atoms with Crippen LogP contribution in [0.2, 0.25) is 5.02 Å². The number of amides is 3. The Bertz CT molecular complexity index is 1350. The molecule has 15 heteroatoms. The monoisotopic (exact) mass is 630 g/mol. The number of anilines is 2. The molecule has 0 spiro atoms. The predicted octanol–water partition coefficient (Wildman–Crippen LogP) is 3.51. The van der Waals surface area contributed by atoms with E-state index in [1.807, 2.05) is 4.90 Å². The second kappa shape index (κ2) is 13.9. The number of hydrogen-bond donors (Lipinski definition) is 3. The average molecular weight is 631 g/mol. The van der Waals surface area contributed by atoms with Crippen molar-refractivity contribution in [2.24, 2.45) is 5.73 Å². The molecule has 0 saturated carbocycles. The summed E-state index contributed by atoms with van der Waals surface area (Å²) in [7, 11) is 0. The Balaban J connectivity index is 1.38. The van der Waals surface area contributed by atoms with E-state index in [4.69, 9.17) is 17.3 Å². The fourth-order valence-electron chi connectivity index (χ4n) is 5.23. The molecule has 2 heterocycles. The maximum Gasteiger partial charge on any atom is 0.390 e. The number of alkyl halides is 3. The second-order valence-corrected chi connectivity index (χ2v) is 11.0. The van der Waals surface area contributed by atoms with Crippen LogP contribution in [-0.2, 0) is 16.1 Å². The first-order valence-corrected chi connectivity index (χ1v) is 14.1. The smallest absolute Gasteiger partial charge is 0.368 e. The minimum Gasteiger partial charge on any atom is -0.368 e. The first-order chi connectivity index (χ1) is 20.3. The molecule has 1 unspecified atom stereocenters. The summed E-state index contributed by atoms with van der Waals surface area (Å²) in [6, 6.07) is 6.35.